The Labute approximate surface area is 154 Å². The molecule has 4 atom stereocenters. The van der Waals surface area contributed by atoms with Crippen molar-refractivity contribution in [2.45, 2.75) is 21.0 Å². The van der Waals surface area contributed by atoms with Crippen LogP contribution in [0.5, 0.6) is 0 Å². The largest absolute Gasteiger partial charge is 5.00 e. The van der Waals surface area contributed by atoms with E-state index in [9.17, 15) is 19.2 Å². The van der Waals surface area contributed by atoms with E-state index in [0.717, 1.165) is 0 Å². The summed E-state index contributed by atoms with van der Waals surface area (Å²) in [5.41, 5.74) is 0. The SMILES string of the molecule is O=C(O)C(S)C(S)C(=O)O.O=C(O)C(S)C(S)C(=O)O.[99Tc+5]. The second-order valence-electron chi connectivity index (χ2n) is 3.13. The minimum atomic E-state index is -1.29. The average molecular weight is 463 g/mol. The zero-order valence-corrected chi connectivity index (χ0v) is 15.3. The Morgan fingerprint density at radius 2 is 0.619 bits per heavy atom. The van der Waals surface area contributed by atoms with Gasteiger partial charge in [0.2, 0.25) is 0 Å². The Morgan fingerprint density at radius 1 is 0.524 bits per heavy atom. The van der Waals surface area contributed by atoms with E-state index in [0.29, 0.717) is 0 Å². The molecule has 0 aromatic heterocycles. The summed E-state index contributed by atoms with van der Waals surface area (Å²) in [6.45, 7) is 0. The molecule has 4 N–H and O–H groups in total. The molecule has 13 heteroatoms. The molecule has 21 heavy (non-hydrogen) atoms. The van der Waals surface area contributed by atoms with Crippen LogP contribution >= 0.6 is 50.5 Å². The van der Waals surface area contributed by atoms with Gasteiger partial charge in [0, 0.05) is 0 Å². The van der Waals surface area contributed by atoms with Gasteiger partial charge in [0.1, 0.15) is 21.0 Å². The Bertz CT molecular complexity index is 320. The van der Waals surface area contributed by atoms with Gasteiger partial charge in [-0.2, -0.15) is 50.5 Å². The van der Waals surface area contributed by atoms with Gasteiger partial charge in [0.25, 0.3) is 0 Å². The summed E-state index contributed by atoms with van der Waals surface area (Å²) in [5.74, 6) is -5.15. The fourth-order valence-corrected chi connectivity index (χ4v) is 1.05. The van der Waals surface area contributed by atoms with Crippen LogP contribution in [0.15, 0.2) is 0 Å². The third-order valence-electron chi connectivity index (χ3n) is 1.61. The van der Waals surface area contributed by atoms with Crippen LogP contribution in [-0.2, 0) is 39.3 Å². The van der Waals surface area contributed by atoms with Gasteiger partial charge in [-0.3, -0.25) is 19.2 Å². The number of carbonyl (C=O) groups is 4. The molecular formula is C8H12O8S4Tc+5. The zero-order valence-electron chi connectivity index (χ0n) is 9.90. The van der Waals surface area contributed by atoms with Gasteiger partial charge in [0.05, 0.1) is 0 Å². The molecule has 0 saturated carbocycles. The van der Waals surface area contributed by atoms with E-state index < -0.39 is 44.9 Å². The Hall–Kier alpha value is -0.0706. The average Bonchev–Trinajstić information content (AvgIpc) is 2.35. The van der Waals surface area contributed by atoms with Crippen molar-refractivity contribution in [2.75, 3.05) is 0 Å². The standard InChI is InChI=1S/2C4H6O4S2.Tc/c2*5-3(6)1(9)2(10)4(7)8;/h2*1-2,9-10H,(H,5,6)(H,7,8);/q;;+5/i;;1+1. The topological polar surface area (TPSA) is 149 Å². The van der Waals surface area contributed by atoms with Crippen LogP contribution in [0.1, 0.15) is 0 Å². The maximum atomic E-state index is 10.1. The van der Waals surface area contributed by atoms with Gasteiger partial charge in [-0.1, -0.05) is 0 Å². The molecule has 0 saturated heterocycles. The molecule has 4 unspecified atom stereocenters. The number of carboxylic acids is 4. The summed E-state index contributed by atoms with van der Waals surface area (Å²) in [6.07, 6.45) is 0. The quantitative estimate of drug-likeness (QED) is 0.246. The number of thiol groups is 4. The smallest absolute Gasteiger partial charge is 0.480 e. The third kappa shape index (κ3) is 11.2. The summed E-state index contributed by atoms with van der Waals surface area (Å²) in [5, 5.41) is 27.8. The molecule has 0 aromatic rings. The second kappa shape index (κ2) is 12.5. The van der Waals surface area contributed by atoms with Crippen LogP contribution in [0.3, 0.4) is 0 Å². The van der Waals surface area contributed by atoms with Crippen LogP contribution in [0.2, 0.25) is 0 Å². The van der Waals surface area contributed by atoms with Gasteiger partial charge in [-0.15, -0.1) is 0 Å². The van der Waals surface area contributed by atoms with E-state index in [1.165, 1.54) is 0 Å². The Balaban J connectivity index is -0.000000295. The first-order valence-corrected chi connectivity index (χ1v) is 6.63. The maximum absolute atomic E-state index is 10.1. The number of hydrogen-bond donors (Lipinski definition) is 8. The number of aliphatic carboxylic acids is 4. The summed E-state index contributed by atoms with van der Waals surface area (Å²) < 4.78 is 0. The molecule has 0 amide bonds. The predicted molar refractivity (Wildman–Crippen MR) is 81.6 cm³/mol. The predicted octanol–water partition coefficient (Wildman–Crippen LogP) is -0.498. The van der Waals surface area contributed by atoms with E-state index in [2.05, 4.69) is 50.5 Å². The number of carboxylic acid groups (broad SMARTS) is 4. The molecule has 0 aliphatic rings. The van der Waals surface area contributed by atoms with Crippen LogP contribution in [0, 0.1) is 0 Å². The maximum Gasteiger partial charge on any atom is 5.00 e. The van der Waals surface area contributed by atoms with Crippen molar-refractivity contribution in [3.8, 4) is 0 Å². The van der Waals surface area contributed by atoms with Crippen molar-refractivity contribution in [3.05, 3.63) is 0 Å². The van der Waals surface area contributed by atoms with Crippen molar-refractivity contribution in [1.29, 1.82) is 0 Å². The second-order valence-corrected chi connectivity index (χ2v) is 5.36. The minimum absolute atomic E-state index is 0. The van der Waals surface area contributed by atoms with Gasteiger partial charge < -0.3 is 20.4 Å². The fraction of sp³-hybridized carbons (Fsp3) is 0.500. The van der Waals surface area contributed by atoms with Crippen LogP contribution in [0.25, 0.3) is 0 Å². The molecule has 0 heterocycles. The molecule has 0 rings (SSSR count). The number of rotatable bonds is 6. The van der Waals surface area contributed by atoms with E-state index in [-0.39, 0.29) is 20.1 Å². The molecule has 0 aliphatic carbocycles. The first-order valence-electron chi connectivity index (χ1n) is 4.57. The molecule has 0 radical (unpaired) electrons. The van der Waals surface area contributed by atoms with Crippen molar-refractivity contribution in [3.63, 3.8) is 0 Å². The summed E-state index contributed by atoms with van der Waals surface area (Å²) in [7, 11) is 0. The third-order valence-corrected chi connectivity index (χ3v) is 4.16. The molecule has 0 aliphatic heterocycles. The normalized spacial score (nSPS) is 15.0. The van der Waals surface area contributed by atoms with Gasteiger partial charge in [0.15, 0.2) is 0 Å². The van der Waals surface area contributed by atoms with Gasteiger partial charge >= 0.3 is 44.0 Å². The van der Waals surface area contributed by atoms with E-state index in [1.54, 1.807) is 0 Å². The van der Waals surface area contributed by atoms with Crippen LogP contribution in [0.4, 0.5) is 0 Å². The Kier molecular flexibility index (Phi) is 15.4. The van der Waals surface area contributed by atoms with Crippen molar-refractivity contribution < 1.29 is 59.7 Å². The molecule has 8 nitrogen and oxygen atoms in total. The molecular weight excluding hydrogens is 451 g/mol. The van der Waals surface area contributed by atoms with E-state index in [4.69, 9.17) is 20.4 Å². The first kappa shape index (κ1) is 25.9. The molecule has 0 fully saturated rings. The summed E-state index contributed by atoms with van der Waals surface area (Å²) in [4.78, 5) is 40.2. The molecule has 118 valence electrons. The van der Waals surface area contributed by atoms with Crippen molar-refractivity contribution in [1.82, 2.24) is 0 Å². The summed E-state index contributed by atoms with van der Waals surface area (Å²) >= 11 is 14.0. The van der Waals surface area contributed by atoms with Gasteiger partial charge in [-0.05, 0) is 0 Å². The van der Waals surface area contributed by atoms with Crippen molar-refractivity contribution in [2.24, 2.45) is 0 Å². The summed E-state index contributed by atoms with van der Waals surface area (Å²) in [6, 6.07) is 0. The fourth-order valence-electron chi connectivity index (χ4n) is 0.540. The van der Waals surface area contributed by atoms with Crippen molar-refractivity contribution >= 4 is 74.4 Å². The zero-order chi connectivity index (χ0) is 16.6. The van der Waals surface area contributed by atoms with Crippen LogP contribution < -0.4 is 0 Å². The Morgan fingerprint density at radius 3 is 0.667 bits per heavy atom. The monoisotopic (exact) mass is 463 g/mol. The minimum Gasteiger partial charge on any atom is -0.480 e. The molecule has 0 spiro atoms. The van der Waals surface area contributed by atoms with E-state index >= 15 is 0 Å². The first-order chi connectivity index (χ1) is 8.93. The van der Waals surface area contributed by atoms with Crippen LogP contribution in [-0.4, -0.2) is 65.3 Å². The molecule has 0 bridgehead atoms. The number of hydrogen-bond acceptors (Lipinski definition) is 8. The molecule has 0 aromatic carbocycles. The van der Waals surface area contributed by atoms with Gasteiger partial charge in [-0.25, -0.2) is 0 Å². The van der Waals surface area contributed by atoms with E-state index in [1.807, 2.05) is 0 Å².